The number of anilines is 1. The van der Waals surface area contributed by atoms with Gasteiger partial charge in [0.25, 0.3) is 5.69 Å². The van der Waals surface area contributed by atoms with Gasteiger partial charge in [-0.15, -0.1) is 11.3 Å². The van der Waals surface area contributed by atoms with Crippen molar-refractivity contribution >= 4 is 22.7 Å². The van der Waals surface area contributed by atoms with Crippen LogP contribution in [0.3, 0.4) is 0 Å². The Balaban J connectivity index is 2.11. The Labute approximate surface area is 106 Å². The maximum Gasteiger partial charge on any atom is 0.272 e. The summed E-state index contributed by atoms with van der Waals surface area (Å²) < 4.78 is 13.6. The van der Waals surface area contributed by atoms with E-state index in [1.807, 2.05) is 6.92 Å². The number of nitrogens with one attached hydrogen (secondary N) is 1. The second-order valence-electron chi connectivity index (χ2n) is 3.64. The van der Waals surface area contributed by atoms with Crippen molar-refractivity contribution in [2.24, 2.45) is 0 Å². The van der Waals surface area contributed by atoms with Gasteiger partial charge in [-0.2, -0.15) is 0 Å². The second kappa shape index (κ2) is 5.09. The molecule has 0 bridgehead atoms. The van der Waals surface area contributed by atoms with E-state index in [1.54, 1.807) is 5.51 Å². The number of aromatic nitrogens is 1. The van der Waals surface area contributed by atoms with Crippen LogP contribution in [0.2, 0.25) is 0 Å². The molecule has 5 nitrogen and oxygen atoms in total. The van der Waals surface area contributed by atoms with E-state index in [1.165, 1.54) is 23.5 Å². The number of aryl methyl sites for hydroxylation is 1. The number of non-ortho nitro benzene ring substituents is 1. The molecule has 0 saturated heterocycles. The summed E-state index contributed by atoms with van der Waals surface area (Å²) in [7, 11) is 0. The molecular formula is C11H10FN3O2S. The number of benzene rings is 1. The first-order valence-corrected chi connectivity index (χ1v) is 6.02. The molecular weight excluding hydrogens is 257 g/mol. The second-order valence-corrected chi connectivity index (χ2v) is 4.58. The Morgan fingerprint density at radius 3 is 2.89 bits per heavy atom. The summed E-state index contributed by atoms with van der Waals surface area (Å²) in [4.78, 5) is 14.9. The Morgan fingerprint density at radius 1 is 1.56 bits per heavy atom. The standard InChI is InChI=1S/C11H10FN3O2S/c1-7-11(18-6-14-7)5-13-10-3-2-8(15(16)17)4-9(10)12/h2-4,6,13H,5H2,1H3. The van der Waals surface area contributed by atoms with Gasteiger partial charge in [0.15, 0.2) is 5.82 Å². The van der Waals surface area contributed by atoms with Gasteiger partial charge < -0.3 is 5.32 Å². The fourth-order valence-corrected chi connectivity index (χ4v) is 2.15. The van der Waals surface area contributed by atoms with Crippen LogP contribution in [0, 0.1) is 22.9 Å². The molecule has 1 heterocycles. The first kappa shape index (κ1) is 12.4. The molecule has 0 amide bonds. The van der Waals surface area contributed by atoms with Crippen LogP contribution in [-0.2, 0) is 6.54 Å². The summed E-state index contributed by atoms with van der Waals surface area (Å²) in [5.41, 5.74) is 2.61. The fourth-order valence-electron chi connectivity index (χ4n) is 1.43. The van der Waals surface area contributed by atoms with Gasteiger partial charge in [-0.1, -0.05) is 0 Å². The fraction of sp³-hybridized carbons (Fsp3) is 0.182. The van der Waals surface area contributed by atoms with Crippen LogP contribution in [0.4, 0.5) is 15.8 Å². The van der Waals surface area contributed by atoms with E-state index in [2.05, 4.69) is 10.3 Å². The molecule has 0 aliphatic carbocycles. The highest BCUT2D eigenvalue weighted by atomic mass is 32.1. The first-order chi connectivity index (χ1) is 8.58. The summed E-state index contributed by atoms with van der Waals surface area (Å²) in [6.45, 7) is 2.32. The third-order valence-corrected chi connectivity index (χ3v) is 3.38. The molecule has 0 saturated carbocycles. The van der Waals surface area contributed by atoms with E-state index in [0.29, 0.717) is 6.54 Å². The van der Waals surface area contributed by atoms with Crippen LogP contribution < -0.4 is 5.32 Å². The Hall–Kier alpha value is -2.02. The van der Waals surface area contributed by atoms with Crippen LogP contribution in [-0.4, -0.2) is 9.91 Å². The highest BCUT2D eigenvalue weighted by molar-refractivity contribution is 7.09. The zero-order valence-electron chi connectivity index (χ0n) is 9.51. The number of halogens is 1. The number of rotatable bonds is 4. The smallest absolute Gasteiger partial charge is 0.272 e. The molecule has 1 aromatic heterocycles. The van der Waals surface area contributed by atoms with Gasteiger partial charge in [-0.05, 0) is 13.0 Å². The van der Waals surface area contributed by atoms with Crippen molar-refractivity contribution in [2.45, 2.75) is 13.5 Å². The number of nitro groups is 1. The molecule has 0 aliphatic rings. The van der Waals surface area contributed by atoms with Crippen LogP contribution in [0.1, 0.15) is 10.6 Å². The third-order valence-electron chi connectivity index (χ3n) is 2.45. The van der Waals surface area contributed by atoms with Crippen molar-refractivity contribution in [1.29, 1.82) is 0 Å². The first-order valence-electron chi connectivity index (χ1n) is 5.14. The lowest BCUT2D eigenvalue weighted by Gasteiger charge is -2.06. The van der Waals surface area contributed by atoms with Gasteiger partial charge in [-0.3, -0.25) is 10.1 Å². The van der Waals surface area contributed by atoms with E-state index < -0.39 is 10.7 Å². The number of hydrogen-bond acceptors (Lipinski definition) is 5. The topological polar surface area (TPSA) is 68.1 Å². The molecule has 1 N–H and O–H groups in total. The van der Waals surface area contributed by atoms with Crippen molar-refractivity contribution in [2.75, 3.05) is 5.32 Å². The minimum absolute atomic E-state index is 0.244. The van der Waals surface area contributed by atoms with E-state index in [-0.39, 0.29) is 11.4 Å². The molecule has 0 fully saturated rings. The molecule has 18 heavy (non-hydrogen) atoms. The lowest BCUT2D eigenvalue weighted by atomic mass is 10.2. The zero-order valence-corrected chi connectivity index (χ0v) is 10.3. The molecule has 0 spiro atoms. The van der Waals surface area contributed by atoms with Gasteiger partial charge in [0.05, 0.1) is 34.4 Å². The summed E-state index contributed by atoms with van der Waals surface area (Å²) >= 11 is 1.48. The Bertz CT molecular complexity index is 585. The average Bonchev–Trinajstić information content (AvgIpc) is 2.73. The summed E-state index contributed by atoms with van der Waals surface area (Å²) in [5.74, 6) is -0.633. The van der Waals surface area contributed by atoms with Gasteiger partial charge in [-0.25, -0.2) is 9.37 Å². The lowest BCUT2D eigenvalue weighted by Crippen LogP contribution is -2.01. The van der Waals surface area contributed by atoms with Crippen molar-refractivity contribution < 1.29 is 9.31 Å². The summed E-state index contributed by atoms with van der Waals surface area (Å²) in [5, 5.41) is 13.4. The molecule has 0 radical (unpaired) electrons. The maximum atomic E-state index is 13.6. The summed E-state index contributed by atoms with van der Waals surface area (Å²) in [6.07, 6.45) is 0. The van der Waals surface area contributed by atoms with Gasteiger partial charge in [0, 0.05) is 10.9 Å². The molecule has 2 aromatic rings. The van der Waals surface area contributed by atoms with E-state index in [0.717, 1.165) is 16.6 Å². The highest BCUT2D eigenvalue weighted by Gasteiger charge is 2.10. The number of hydrogen-bond donors (Lipinski definition) is 1. The van der Waals surface area contributed by atoms with Crippen molar-refractivity contribution in [3.8, 4) is 0 Å². The van der Waals surface area contributed by atoms with Crippen LogP contribution in [0.5, 0.6) is 0 Å². The molecule has 0 atom stereocenters. The van der Waals surface area contributed by atoms with Crippen molar-refractivity contribution in [3.63, 3.8) is 0 Å². The highest BCUT2D eigenvalue weighted by Crippen LogP contribution is 2.22. The zero-order chi connectivity index (χ0) is 13.1. The SMILES string of the molecule is Cc1ncsc1CNc1ccc([N+](=O)[O-])cc1F. The third kappa shape index (κ3) is 2.62. The largest absolute Gasteiger partial charge is 0.378 e. The number of nitrogens with zero attached hydrogens (tertiary/aromatic N) is 2. The molecule has 7 heteroatoms. The van der Waals surface area contributed by atoms with Crippen LogP contribution in [0.15, 0.2) is 23.7 Å². The number of thiazole rings is 1. The Kier molecular flexibility index (Phi) is 3.52. The molecule has 1 aromatic carbocycles. The monoisotopic (exact) mass is 267 g/mol. The van der Waals surface area contributed by atoms with Gasteiger partial charge in [0.1, 0.15) is 0 Å². The minimum Gasteiger partial charge on any atom is -0.378 e. The molecule has 2 rings (SSSR count). The normalized spacial score (nSPS) is 10.3. The quantitative estimate of drug-likeness (QED) is 0.682. The van der Waals surface area contributed by atoms with Crippen molar-refractivity contribution in [3.05, 3.63) is 50.2 Å². The Morgan fingerprint density at radius 2 is 2.33 bits per heavy atom. The summed E-state index contributed by atoms with van der Waals surface area (Å²) in [6, 6.07) is 3.54. The molecule has 0 aliphatic heterocycles. The molecule has 0 unspecified atom stereocenters. The lowest BCUT2D eigenvalue weighted by molar-refractivity contribution is -0.385. The van der Waals surface area contributed by atoms with Crippen molar-refractivity contribution in [1.82, 2.24) is 4.98 Å². The predicted molar refractivity (Wildman–Crippen MR) is 67.2 cm³/mol. The van der Waals surface area contributed by atoms with Crippen LogP contribution >= 0.6 is 11.3 Å². The average molecular weight is 267 g/mol. The predicted octanol–water partition coefficient (Wildman–Crippen LogP) is 3.11. The molecule has 94 valence electrons. The van der Waals surface area contributed by atoms with E-state index >= 15 is 0 Å². The van der Waals surface area contributed by atoms with E-state index in [9.17, 15) is 14.5 Å². The minimum atomic E-state index is -0.633. The van der Waals surface area contributed by atoms with Gasteiger partial charge in [0.2, 0.25) is 0 Å². The van der Waals surface area contributed by atoms with Crippen LogP contribution in [0.25, 0.3) is 0 Å². The number of nitro benzene ring substituents is 1. The van der Waals surface area contributed by atoms with E-state index in [4.69, 9.17) is 0 Å². The maximum absolute atomic E-state index is 13.6. The van der Waals surface area contributed by atoms with Gasteiger partial charge >= 0.3 is 0 Å².